The second kappa shape index (κ2) is 6.25. The van der Waals surface area contributed by atoms with E-state index >= 15 is 0 Å². The van der Waals surface area contributed by atoms with Crippen molar-refractivity contribution in [2.45, 2.75) is 30.6 Å². The lowest BCUT2D eigenvalue weighted by Crippen LogP contribution is -2.17. The molecule has 2 atom stereocenters. The lowest BCUT2D eigenvalue weighted by atomic mass is 10.2. The van der Waals surface area contributed by atoms with E-state index in [0.29, 0.717) is 5.25 Å². The summed E-state index contributed by atoms with van der Waals surface area (Å²) in [6, 6.07) is 2.70. The quantitative estimate of drug-likeness (QED) is 0.474. The minimum atomic E-state index is -0.467. The third-order valence-electron chi connectivity index (χ3n) is 3.31. The number of nitrogens with one attached hydrogen (secondary N) is 1. The van der Waals surface area contributed by atoms with E-state index < -0.39 is 10.7 Å². The van der Waals surface area contributed by atoms with Crippen LogP contribution in [-0.2, 0) is 0 Å². The summed E-state index contributed by atoms with van der Waals surface area (Å²) >= 11 is 3.58. The lowest BCUT2D eigenvalue weighted by molar-refractivity contribution is -0.384. The maximum absolute atomic E-state index is 13.6. The summed E-state index contributed by atoms with van der Waals surface area (Å²) in [5.74, 6) is -0.423. The van der Waals surface area contributed by atoms with Crippen LogP contribution in [0.5, 0.6) is 0 Å². The van der Waals surface area contributed by atoms with Gasteiger partial charge in [-0.2, -0.15) is 11.8 Å². The summed E-state index contributed by atoms with van der Waals surface area (Å²) < 4.78 is 13.8. The smallest absolute Gasteiger partial charge is 0.293 e. The molecule has 7 heteroatoms. The predicted octanol–water partition coefficient (Wildman–Crippen LogP) is 4.03. The SMILES string of the molecule is CSC1CCC(Nc2cc(F)c(I)cc2[N+](=O)[O-])C1. The number of rotatable bonds is 4. The van der Waals surface area contributed by atoms with E-state index in [1.807, 2.05) is 11.8 Å². The molecule has 1 N–H and O–H groups in total. The molecule has 2 rings (SSSR count). The summed E-state index contributed by atoms with van der Waals surface area (Å²) in [4.78, 5) is 10.5. The van der Waals surface area contributed by atoms with Crippen LogP contribution in [0, 0.1) is 19.5 Å². The Morgan fingerprint density at radius 2 is 2.26 bits per heavy atom. The Hall–Kier alpha value is -0.570. The van der Waals surface area contributed by atoms with Gasteiger partial charge in [0.15, 0.2) is 0 Å². The molecular formula is C12H14FIN2O2S. The third kappa shape index (κ3) is 3.50. The van der Waals surface area contributed by atoms with Gasteiger partial charge < -0.3 is 5.32 Å². The third-order valence-corrected chi connectivity index (χ3v) is 5.23. The van der Waals surface area contributed by atoms with E-state index in [9.17, 15) is 14.5 Å². The zero-order valence-corrected chi connectivity index (χ0v) is 13.3. The number of thioether (sulfide) groups is 1. The van der Waals surface area contributed by atoms with Crippen LogP contribution in [-0.4, -0.2) is 22.5 Å². The zero-order chi connectivity index (χ0) is 14.0. The average Bonchev–Trinajstić information content (AvgIpc) is 2.81. The molecule has 19 heavy (non-hydrogen) atoms. The van der Waals surface area contributed by atoms with Gasteiger partial charge in [-0.25, -0.2) is 4.39 Å². The molecule has 0 saturated heterocycles. The van der Waals surface area contributed by atoms with Crippen molar-refractivity contribution in [3.05, 3.63) is 31.6 Å². The maximum atomic E-state index is 13.6. The average molecular weight is 396 g/mol. The van der Waals surface area contributed by atoms with Gasteiger partial charge in [0.25, 0.3) is 5.69 Å². The highest BCUT2D eigenvalue weighted by molar-refractivity contribution is 14.1. The second-order valence-corrected chi connectivity index (χ2v) is 6.85. The molecule has 1 aliphatic rings. The number of hydrogen-bond acceptors (Lipinski definition) is 4. The van der Waals surface area contributed by atoms with Crippen molar-refractivity contribution in [3.8, 4) is 0 Å². The molecule has 1 saturated carbocycles. The molecule has 1 aliphatic carbocycles. The van der Waals surface area contributed by atoms with Gasteiger partial charge in [-0.1, -0.05) is 0 Å². The summed E-state index contributed by atoms with van der Waals surface area (Å²) in [5, 5.41) is 14.7. The first-order chi connectivity index (χ1) is 9.01. The van der Waals surface area contributed by atoms with Crippen LogP contribution >= 0.6 is 34.4 Å². The fraction of sp³-hybridized carbons (Fsp3) is 0.500. The van der Waals surface area contributed by atoms with Crippen LogP contribution in [0.4, 0.5) is 15.8 Å². The van der Waals surface area contributed by atoms with Gasteiger partial charge >= 0.3 is 0 Å². The molecule has 1 fully saturated rings. The van der Waals surface area contributed by atoms with Gasteiger partial charge in [0.1, 0.15) is 11.5 Å². The van der Waals surface area contributed by atoms with Gasteiger partial charge in [-0.05, 0) is 48.1 Å². The van der Waals surface area contributed by atoms with Gasteiger partial charge in [0.2, 0.25) is 0 Å². The molecule has 0 bridgehead atoms. The lowest BCUT2D eigenvalue weighted by Gasteiger charge is -2.14. The molecule has 0 aromatic heterocycles. The van der Waals surface area contributed by atoms with Crippen molar-refractivity contribution in [3.63, 3.8) is 0 Å². The molecule has 0 aliphatic heterocycles. The van der Waals surface area contributed by atoms with Gasteiger partial charge in [0, 0.05) is 23.4 Å². The highest BCUT2D eigenvalue weighted by Crippen LogP contribution is 2.34. The van der Waals surface area contributed by atoms with E-state index in [4.69, 9.17) is 0 Å². The number of halogens is 2. The topological polar surface area (TPSA) is 55.2 Å². The van der Waals surface area contributed by atoms with E-state index in [-0.39, 0.29) is 21.0 Å². The number of hydrogen-bond donors (Lipinski definition) is 1. The van der Waals surface area contributed by atoms with Crippen molar-refractivity contribution in [2.75, 3.05) is 11.6 Å². The minimum absolute atomic E-state index is 0.0570. The number of nitro benzene ring substituents is 1. The van der Waals surface area contributed by atoms with Crippen molar-refractivity contribution < 1.29 is 9.31 Å². The standard InChI is InChI=1S/C12H14FIN2O2S/c1-19-8-3-2-7(4-8)15-11-5-9(13)10(14)6-12(11)16(17)18/h5-8,15H,2-4H2,1H3. The van der Waals surface area contributed by atoms with Crippen LogP contribution in [0.15, 0.2) is 12.1 Å². The molecule has 0 radical (unpaired) electrons. The van der Waals surface area contributed by atoms with Gasteiger partial charge in [-0.3, -0.25) is 10.1 Å². The van der Waals surface area contributed by atoms with E-state index in [1.54, 1.807) is 22.6 Å². The molecular weight excluding hydrogens is 382 g/mol. The fourth-order valence-corrected chi connectivity index (χ4v) is 3.56. The van der Waals surface area contributed by atoms with Gasteiger partial charge in [0.05, 0.1) is 8.49 Å². The van der Waals surface area contributed by atoms with Crippen molar-refractivity contribution >= 4 is 45.7 Å². The highest BCUT2D eigenvalue weighted by atomic mass is 127. The van der Waals surface area contributed by atoms with Crippen molar-refractivity contribution in [1.29, 1.82) is 0 Å². The molecule has 1 aromatic rings. The Balaban J connectivity index is 2.20. The molecule has 0 amide bonds. The van der Waals surface area contributed by atoms with Crippen LogP contribution in [0.2, 0.25) is 0 Å². The number of benzene rings is 1. The summed E-state index contributed by atoms with van der Waals surface area (Å²) in [6.07, 6.45) is 5.10. The number of nitrogens with zero attached hydrogens (tertiary/aromatic N) is 1. The number of anilines is 1. The van der Waals surface area contributed by atoms with Crippen LogP contribution in [0.3, 0.4) is 0 Å². The van der Waals surface area contributed by atoms with E-state index in [0.717, 1.165) is 19.3 Å². The Labute approximate surface area is 128 Å². The van der Waals surface area contributed by atoms with Crippen LogP contribution < -0.4 is 5.32 Å². The van der Waals surface area contributed by atoms with E-state index in [1.165, 1.54) is 12.1 Å². The first-order valence-electron chi connectivity index (χ1n) is 5.94. The monoisotopic (exact) mass is 396 g/mol. The Kier molecular flexibility index (Phi) is 4.88. The van der Waals surface area contributed by atoms with Crippen LogP contribution in [0.25, 0.3) is 0 Å². The van der Waals surface area contributed by atoms with Crippen LogP contribution in [0.1, 0.15) is 19.3 Å². The Bertz CT molecular complexity index is 501. The van der Waals surface area contributed by atoms with E-state index in [2.05, 4.69) is 11.6 Å². The van der Waals surface area contributed by atoms with Crippen molar-refractivity contribution in [1.82, 2.24) is 0 Å². The number of nitro groups is 1. The first-order valence-corrected chi connectivity index (χ1v) is 8.30. The Morgan fingerprint density at radius 3 is 2.84 bits per heavy atom. The first kappa shape index (κ1) is 14.8. The molecule has 4 nitrogen and oxygen atoms in total. The molecule has 1 aromatic carbocycles. The fourth-order valence-electron chi connectivity index (χ4n) is 2.31. The Morgan fingerprint density at radius 1 is 1.53 bits per heavy atom. The maximum Gasteiger partial charge on any atom is 0.293 e. The summed E-state index contributed by atoms with van der Waals surface area (Å²) in [6.45, 7) is 0. The molecule has 0 heterocycles. The molecule has 0 spiro atoms. The minimum Gasteiger partial charge on any atom is -0.377 e. The summed E-state index contributed by atoms with van der Waals surface area (Å²) in [5.41, 5.74) is 0.230. The predicted molar refractivity (Wildman–Crippen MR) is 84.3 cm³/mol. The molecule has 104 valence electrons. The summed E-state index contributed by atoms with van der Waals surface area (Å²) in [7, 11) is 0. The zero-order valence-electron chi connectivity index (χ0n) is 10.4. The van der Waals surface area contributed by atoms with Crippen molar-refractivity contribution in [2.24, 2.45) is 0 Å². The second-order valence-electron chi connectivity index (χ2n) is 4.55. The highest BCUT2D eigenvalue weighted by Gasteiger charge is 2.26. The largest absolute Gasteiger partial charge is 0.377 e. The van der Waals surface area contributed by atoms with Gasteiger partial charge in [-0.15, -0.1) is 0 Å². The molecule has 2 unspecified atom stereocenters. The normalized spacial score (nSPS) is 22.5.